The monoisotopic (exact) mass is 669 g/mol. The molecule has 0 rings (SSSR count). The number of quaternary nitrogens is 1. The van der Waals surface area contributed by atoms with Gasteiger partial charge in [0.1, 0.15) is 12.6 Å². The van der Waals surface area contributed by atoms with Crippen molar-refractivity contribution in [3.63, 3.8) is 0 Å². The van der Waals surface area contributed by atoms with Gasteiger partial charge in [0.05, 0.1) is 46.7 Å². The Hall–Kier alpha value is -3.49. The molecule has 8 nitrogen and oxygen atoms in total. The van der Waals surface area contributed by atoms with E-state index in [2.05, 4.69) is 50.3 Å². The van der Waals surface area contributed by atoms with Crippen LogP contribution in [0, 0.1) is 0 Å². The molecule has 0 N–H and O–H groups in total. The molecule has 0 spiro atoms. The molecule has 0 aromatic heterocycles. The summed E-state index contributed by atoms with van der Waals surface area (Å²) in [7, 11) is 5.34. The van der Waals surface area contributed by atoms with Crippen molar-refractivity contribution >= 4 is 17.9 Å². The van der Waals surface area contributed by atoms with Crippen LogP contribution in [0.15, 0.2) is 85.1 Å². The van der Waals surface area contributed by atoms with Crippen molar-refractivity contribution in [3.8, 4) is 0 Å². The van der Waals surface area contributed by atoms with Gasteiger partial charge in [0.15, 0.2) is 6.10 Å². The lowest BCUT2D eigenvalue weighted by atomic mass is 10.1. The SMILES string of the molecule is CC/C=C/C=C/C=C/C=C/CCCCCCCC(=O)OCC(COCCC(C(=O)[O-])[N+](C)(C)C)OC(=O)C/C=C/C/C=C/C/C=C/CC. The minimum Gasteiger partial charge on any atom is -0.544 e. The van der Waals surface area contributed by atoms with Crippen molar-refractivity contribution in [1.29, 1.82) is 0 Å². The van der Waals surface area contributed by atoms with Gasteiger partial charge >= 0.3 is 11.9 Å². The van der Waals surface area contributed by atoms with E-state index in [1.54, 1.807) is 27.2 Å². The average Bonchev–Trinajstić information content (AvgIpc) is 3.03. The number of hydrogen-bond acceptors (Lipinski definition) is 7. The lowest BCUT2D eigenvalue weighted by molar-refractivity contribution is -0.889. The van der Waals surface area contributed by atoms with Gasteiger partial charge in [0.2, 0.25) is 0 Å². The van der Waals surface area contributed by atoms with Gasteiger partial charge in [-0.1, -0.05) is 118 Å². The number of hydrogen-bond donors (Lipinski definition) is 0. The molecule has 48 heavy (non-hydrogen) atoms. The van der Waals surface area contributed by atoms with E-state index in [9.17, 15) is 19.5 Å². The molecular weight excluding hydrogens is 606 g/mol. The van der Waals surface area contributed by atoms with Crippen LogP contribution >= 0.6 is 0 Å². The topological polar surface area (TPSA) is 102 Å². The van der Waals surface area contributed by atoms with E-state index < -0.39 is 24.1 Å². The molecule has 0 aromatic rings. The highest BCUT2D eigenvalue weighted by Gasteiger charge is 2.25. The maximum Gasteiger partial charge on any atom is 0.310 e. The maximum atomic E-state index is 12.5. The van der Waals surface area contributed by atoms with Gasteiger partial charge in [0, 0.05) is 12.8 Å². The van der Waals surface area contributed by atoms with E-state index >= 15 is 0 Å². The van der Waals surface area contributed by atoms with E-state index in [1.807, 2.05) is 42.5 Å². The normalized spacial score (nSPS) is 14.1. The third-order valence-electron chi connectivity index (χ3n) is 7.15. The molecule has 0 saturated heterocycles. The second-order valence-electron chi connectivity index (χ2n) is 12.4. The van der Waals surface area contributed by atoms with Crippen molar-refractivity contribution < 1.29 is 38.2 Å². The Morgan fingerprint density at radius 3 is 1.90 bits per heavy atom. The molecule has 0 amide bonds. The van der Waals surface area contributed by atoms with Gasteiger partial charge in [-0.15, -0.1) is 0 Å². The number of likely N-dealkylation sites (N-methyl/N-ethyl adjacent to an activating group) is 1. The van der Waals surface area contributed by atoms with E-state index in [0.29, 0.717) is 12.8 Å². The van der Waals surface area contributed by atoms with Gasteiger partial charge in [-0.05, 0) is 44.9 Å². The summed E-state index contributed by atoms with van der Waals surface area (Å²) in [6, 6.07) is -0.745. The Morgan fingerprint density at radius 1 is 0.667 bits per heavy atom. The predicted molar refractivity (Wildman–Crippen MR) is 194 cm³/mol. The number of unbranched alkanes of at least 4 members (excludes halogenated alkanes) is 5. The molecule has 0 fully saturated rings. The van der Waals surface area contributed by atoms with Crippen LogP contribution in [0.1, 0.15) is 97.3 Å². The van der Waals surface area contributed by atoms with E-state index in [4.69, 9.17) is 14.2 Å². The van der Waals surface area contributed by atoms with E-state index in [-0.39, 0.29) is 43.1 Å². The van der Waals surface area contributed by atoms with Crippen LogP contribution in [0.25, 0.3) is 0 Å². The Bertz CT molecular complexity index is 1060. The first-order valence-electron chi connectivity index (χ1n) is 17.7. The molecule has 0 aliphatic heterocycles. The van der Waals surface area contributed by atoms with Crippen LogP contribution in [-0.2, 0) is 28.6 Å². The smallest absolute Gasteiger partial charge is 0.310 e. The highest BCUT2D eigenvalue weighted by molar-refractivity contribution is 5.71. The fourth-order valence-electron chi connectivity index (χ4n) is 4.44. The number of esters is 2. The fraction of sp³-hybridized carbons (Fsp3) is 0.575. The third kappa shape index (κ3) is 28.7. The molecule has 0 saturated carbocycles. The molecule has 0 radical (unpaired) electrons. The summed E-state index contributed by atoms with van der Waals surface area (Å²) in [6.45, 7) is 4.22. The van der Waals surface area contributed by atoms with Gasteiger partial charge in [-0.3, -0.25) is 9.59 Å². The average molecular weight is 670 g/mol. The lowest BCUT2D eigenvalue weighted by Gasteiger charge is -2.34. The zero-order valence-electron chi connectivity index (χ0n) is 30.4. The first-order chi connectivity index (χ1) is 23.1. The summed E-state index contributed by atoms with van der Waals surface area (Å²) in [5, 5.41) is 11.5. The van der Waals surface area contributed by atoms with E-state index in [0.717, 1.165) is 57.8 Å². The van der Waals surface area contributed by atoms with E-state index in [1.165, 1.54) is 0 Å². The number of carbonyl (C=O) groups excluding carboxylic acids is 3. The van der Waals surface area contributed by atoms with Crippen LogP contribution in [0.3, 0.4) is 0 Å². The summed E-state index contributed by atoms with van der Waals surface area (Å²) in [5.74, 6) is -1.94. The minimum atomic E-state index is -1.15. The molecule has 0 aliphatic carbocycles. The number of carboxylic acid groups (broad SMARTS) is 1. The number of rotatable bonds is 29. The van der Waals surface area contributed by atoms with Crippen LogP contribution in [0.2, 0.25) is 0 Å². The third-order valence-corrected chi connectivity index (χ3v) is 7.15. The Kier molecular flexibility index (Phi) is 28.6. The largest absolute Gasteiger partial charge is 0.544 e. The van der Waals surface area contributed by atoms with Gasteiger partial charge in [0.25, 0.3) is 0 Å². The molecule has 2 unspecified atom stereocenters. The van der Waals surface area contributed by atoms with Crippen LogP contribution < -0.4 is 5.11 Å². The van der Waals surface area contributed by atoms with Crippen LogP contribution in [0.4, 0.5) is 0 Å². The standard InChI is InChI=1S/C40H63NO7/c1-6-8-10-12-14-16-17-18-19-20-21-23-24-26-28-30-38(42)47-35-36(34-46-33-32-37(40(44)45)41(3,4)5)48-39(43)31-29-27-25-22-15-13-11-9-7-2/h8-12,14-19,22,27,29,36-37H,6-7,13,20-21,23-26,28,30-35H2,1-5H3/b10-8+,11-9+,14-12+,17-16+,19-18+,22-15+,29-27+. The number of aliphatic carboxylic acids is 1. The molecule has 0 heterocycles. The van der Waals surface area contributed by atoms with Crippen molar-refractivity contribution in [3.05, 3.63) is 85.1 Å². The molecular formula is C40H63NO7. The maximum absolute atomic E-state index is 12.5. The minimum absolute atomic E-state index is 0.00903. The first-order valence-corrected chi connectivity index (χ1v) is 17.7. The summed E-state index contributed by atoms with van der Waals surface area (Å²) >= 11 is 0. The highest BCUT2D eigenvalue weighted by atomic mass is 16.6. The van der Waals surface area contributed by atoms with Gasteiger partial charge < -0.3 is 28.6 Å². The van der Waals surface area contributed by atoms with Crippen molar-refractivity contribution in [1.82, 2.24) is 0 Å². The van der Waals surface area contributed by atoms with Gasteiger partial charge in [-0.25, -0.2) is 0 Å². The predicted octanol–water partition coefficient (Wildman–Crippen LogP) is 7.29. The number of allylic oxidation sites excluding steroid dienone is 13. The zero-order chi connectivity index (χ0) is 35.7. The molecule has 8 heteroatoms. The second kappa shape index (κ2) is 30.8. The van der Waals surface area contributed by atoms with Crippen molar-refractivity contribution in [2.75, 3.05) is 41.0 Å². The summed E-state index contributed by atoms with van der Waals surface area (Å²) in [5.41, 5.74) is 0. The Morgan fingerprint density at radius 2 is 1.25 bits per heavy atom. The van der Waals surface area contributed by atoms with Gasteiger partial charge in [-0.2, -0.15) is 0 Å². The fourth-order valence-corrected chi connectivity index (χ4v) is 4.44. The number of nitrogens with zero attached hydrogens (tertiary/aromatic N) is 1. The molecule has 270 valence electrons. The molecule has 2 atom stereocenters. The van der Waals surface area contributed by atoms with Crippen LogP contribution in [-0.4, -0.2) is 75.5 Å². The Labute approximate surface area is 291 Å². The zero-order valence-corrected chi connectivity index (χ0v) is 30.4. The molecule has 0 bridgehead atoms. The summed E-state index contributed by atoms with van der Waals surface area (Å²) in [6.07, 6.45) is 37.9. The summed E-state index contributed by atoms with van der Waals surface area (Å²) < 4.78 is 16.9. The summed E-state index contributed by atoms with van der Waals surface area (Å²) in [4.78, 5) is 36.4. The molecule has 0 aromatic carbocycles. The first kappa shape index (κ1) is 44.5. The molecule has 0 aliphatic rings. The van der Waals surface area contributed by atoms with Crippen molar-refractivity contribution in [2.45, 2.75) is 109 Å². The number of ether oxygens (including phenoxy) is 3. The number of carboxylic acids is 1. The lowest BCUT2D eigenvalue weighted by Crippen LogP contribution is -2.55. The number of carbonyl (C=O) groups is 3. The quantitative estimate of drug-likeness (QED) is 0.0271. The van der Waals surface area contributed by atoms with Crippen molar-refractivity contribution in [2.24, 2.45) is 0 Å². The highest BCUT2D eigenvalue weighted by Crippen LogP contribution is 2.10. The Balaban J connectivity index is 4.57. The van der Waals surface area contributed by atoms with Crippen LogP contribution in [0.5, 0.6) is 0 Å². The second-order valence-corrected chi connectivity index (χ2v) is 12.4.